The minimum absolute atomic E-state index is 0.828. The second-order valence-corrected chi connectivity index (χ2v) is 2.86. The molecule has 0 fully saturated rings. The van der Waals surface area contributed by atoms with Gasteiger partial charge in [-0.15, -0.1) is 0 Å². The van der Waals surface area contributed by atoms with E-state index in [1.54, 1.807) is 0 Å². The molecule has 0 aromatic carbocycles. The topological polar surface area (TPSA) is 37.8 Å². The first kappa shape index (κ1) is 8.97. The van der Waals surface area contributed by atoms with Crippen molar-refractivity contribution in [3.05, 3.63) is 17.1 Å². The van der Waals surface area contributed by atoms with Crippen molar-refractivity contribution < 1.29 is 0 Å². The number of aromatic nitrogens is 2. The summed E-state index contributed by atoms with van der Waals surface area (Å²) in [7, 11) is 0. The Balaban J connectivity index is 3.09. The van der Waals surface area contributed by atoms with Gasteiger partial charge in [0.15, 0.2) is 0 Å². The minimum atomic E-state index is 0.828. The first-order valence-electron chi connectivity index (χ1n) is 4.21. The van der Waals surface area contributed by atoms with Crippen LogP contribution in [0.15, 0.2) is 0 Å². The summed E-state index contributed by atoms with van der Waals surface area (Å²) < 4.78 is 0. The van der Waals surface area contributed by atoms with E-state index in [2.05, 4.69) is 22.2 Å². The largest absolute Gasteiger partial charge is 0.370 e. The molecule has 1 aromatic heterocycles. The van der Waals surface area contributed by atoms with Crippen molar-refractivity contribution in [3.8, 4) is 0 Å². The van der Waals surface area contributed by atoms with Gasteiger partial charge in [-0.2, -0.15) is 0 Å². The van der Waals surface area contributed by atoms with Gasteiger partial charge in [0.05, 0.1) is 0 Å². The summed E-state index contributed by atoms with van der Waals surface area (Å²) in [5.41, 5.74) is 2.20. The van der Waals surface area contributed by atoms with E-state index in [-0.39, 0.29) is 0 Å². The molecule has 66 valence electrons. The van der Waals surface area contributed by atoms with Crippen molar-refractivity contribution in [2.45, 2.75) is 27.7 Å². The number of rotatable bonds is 2. The van der Waals surface area contributed by atoms with E-state index < -0.39 is 0 Å². The van der Waals surface area contributed by atoms with E-state index in [4.69, 9.17) is 0 Å². The molecule has 1 rings (SSSR count). The maximum Gasteiger partial charge on any atom is 0.132 e. The summed E-state index contributed by atoms with van der Waals surface area (Å²) in [5, 5.41) is 3.21. The predicted molar refractivity (Wildman–Crippen MR) is 50.4 cm³/mol. The molecule has 0 radical (unpaired) electrons. The summed E-state index contributed by atoms with van der Waals surface area (Å²) in [5.74, 6) is 1.79. The first-order valence-corrected chi connectivity index (χ1v) is 4.21. The fourth-order valence-electron chi connectivity index (χ4n) is 1.11. The maximum atomic E-state index is 4.30. The average Bonchev–Trinajstić information content (AvgIpc) is 2.00. The van der Waals surface area contributed by atoms with Gasteiger partial charge in [0, 0.05) is 17.8 Å². The number of hydrogen-bond acceptors (Lipinski definition) is 3. The van der Waals surface area contributed by atoms with Gasteiger partial charge in [0.2, 0.25) is 0 Å². The molecule has 0 aliphatic heterocycles. The maximum absolute atomic E-state index is 4.30. The van der Waals surface area contributed by atoms with Crippen LogP contribution in [0.3, 0.4) is 0 Å². The molecule has 1 aromatic rings. The normalized spacial score (nSPS) is 10.0. The third-order valence-electron chi connectivity index (χ3n) is 1.85. The lowest BCUT2D eigenvalue weighted by Gasteiger charge is -2.08. The van der Waals surface area contributed by atoms with Crippen molar-refractivity contribution in [2.24, 2.45) is 0 Å². The Morgan fingerprint density at radius 3 is 2.42 bits per heavy atom. The van der Waals surface area contributed by atoms with Gasteiger partial charge in [0.25, 0.3) is 0 Å². The van der Waals surface area contributed by atoms with Gasteiger partial charge in [-0.05, 0) is 27.7 Å². The fraction of sp³-hybridized carbons (Fsp3) is 0.556. The highest BCUT2D eigenvalue weighted by molar-refractivity contribution is 5.45. The summed E-state index contributed by atoms with van der Waals surface area (Å²) in [6.07, 6.45) is 0. The second kappa shape index (κ2) is 3.52. The molecule has 1 heterocycles. The van der Waals surface area contributed by atoms with Crippen LogP contribution in [0.1, 0.15) is 24.0 Å². The van der Waals surface area contributed by atoms with Gasteiger partial charge >= 0.3 is 0 Å². The van der Waals surface area contributed by atoms with Crippen LogP contribution in [-0.4, -0.2) is 16.5 Å². The molecule has 0 aliphatic rings. The SMILES string of the molecule is CCNc1nc(C)nc(C)c1C. The van der Waals surface area contributed by atoms with Gasteiger partial charge in [-0.25, -0.2) is 9.97 Å². The third-order valence-corrected chi connectivity index (χ3v) is 1.85. The Hall–Kier alpha value is -1.12. The van der Waals surface area contributed by atoms with Crippen molar-refractivity contribution in [2.75, 3.05) is 11.9 Å². The Morgan fingerprint density at radius 2 is 1.83 bits per heavy atom. The van der Waals surface area contributed by atoms with Crippen LogP contribution in [0.4, 0.5) is 5.82 Å². The van der Waals surface area contributed by atoms with Crippen molar-refractivity contribution in [1.82, 2.24) is 9.97 Å². The zero-order valence-electron chi connectivity index (χ0n) is 8.10. The van der Waals surface area contributed by atoms with Gasteiger partial charge in [-0.1, -0.05) is 0 Å². The number of aryl methyl sites for hydroxylation is 2. The van der Waals surface area contributed by atoms with Gasteiger partial charge in [-0.3, -0.25) is 0 Å². The average molecular weight is 165 g/mol. The quantitative estimate of drug-likeness (QED) is 0.726. The molecule has 0 atom stereocenters. The van der Waals surface area contributed by atoms with Crippen LogP contribution in [0, 0.1) is 20.8 Å². The molecule has 1 N–H and O–H groups in total. The van der Waals surface area contributed by atoms with Crippen LogP contribution in [-0.2, 0) is 0 Å². The number of anilines is 1. The fourth-order valence-corrected chi connectivity index (χ4v) is 1.11. The van der Waals surface area contributed by atoms with Crippen LogP contribution < -0.4 is 5.32 Å². The van der Waals surface area contributed by atoms with Crippen molar-refractivity contribution >= 4 is 5.82 Å². The Bertz CT molecular complexity index is 281. The zero-order valence-corrected chi connectivity index (χ0v) is 8.10. The zero-order chi connectivity index (χ0) is 9.14. The molecule has 0 amide bonds. The standard InChI is InChI=1S/C9H15N3/c1-5-10-9-6(2)7(3)11-8(4)12-9/h5H2,1-4H3,(H,10,11,12). The summed E-state index contributed by atoms with van der Waals surface area (Å²) in [6.45, 7) is 8.91. The van der Waals surface area contributed by atoms with Crippen molar-refractivity contribution in [1.29, 1.82) is 0 Å². The van der Waals surface area contributed by atoms with Crippen LogP contribution in [0.5, 0.6) is 0 Å². The molecule has 0 saturated heterocycles. The predicted octanol–water partition coefficient (Wildman–Crippen LogP) is 1.83. The van der Waals surface area contributed by atoms with E-state index in [1.165, 1.54) is 0 Å². The third kappa shape index (κ3) is 1.72. The number of hydrogen-bond donors (Lipinski definition) is 1. The minimum Gasteiger partial charge on any atom is -0.370 e. The second-order valence-electron chi connectivity index (χ2n) is 2.86. The molecular weight excluding hydrogens is 150 g/mol. The van der Waals surface area contributed by atoms with E-state index in [0.717, 1.165) is 29.4 Å². The molecule has 0 bridgehead atoms. The highest BCUT2D eigenvalue weighted by Gasteiger charge is 2.03. The summed E-state index contributed by atoms with van der Waals surface area (Å²) in [4.78, 5) is 8.57. The lowest BCUT2D eigenvalue weighted by atomic mass is 10.2. The number of nitrogens with one attached hydrogen (secondary N) is 1. The molecule has 0 unspecified atom stereocenters. The highest BCUT2D eigenvalue weighted by atomic mass is 15.0. The first-order chi connectivity index (χ1) is 5.65. The molecule has 0 saturated carbocycles. The van der Waals surface area contributed by atoms with Crippen molar-refractivity contribution in [3.63, 3.8) is 0 Å². The van der Waals surface area contributed by atoms with E-state index in [1.807, 2.05) is 20.8 Å². The Morgan fingerprint density at radius 1 is 1.17 bits per heavy atom. The lowest BCUT2D eigenvalue weighted by Crippen LogP contribution is -2.05. The summed E-state index contributed by atoms with van der Waals surface area (Å²) >= 11 is 0. The Labute approximate surface area is 73.2 Å². The van der Waals surface area contributed by atoms with E-state index in [0.29, 0.717) is 0 Å². The molecule has 12 heavy (non-hydrogen) atoms. The van der Waals surface area contributed by atoms with Crippen LogP contribution in [0.2, 0.25) is 0 Å². The molecule has 0 aliphatic carbocycles. The van der Waals surface area contributed by atoms with Crippen LogP contribution in [0.25, 0.3) is 0 Å². The molecule has 3 heteroatoms. The van der Waals surface area contributed by atoms with Gasteiger partial charge in [0.1, 0.15) is 11.6 Å². The lowest BCUT2D eigenvalue weighted by molar-refractivity contribution is 0.976. The molecule has 3 nitrogen and oxygen atoms in total. The molecular formula is C9H15N3. The number of nitrogens with zero attached hydrogens (tertiary/aromatic N) is 2. The summed E-state index contributed by atoms with van der Waals surface area (Å²) in [6, 6.07) is 0. The monoisotopic (exact) mass is 165 g/mol. The van der Waals surface area contributed by atoms with E-state index >= 15 is 0 Å². The van der Waals surface area contributed by atoms with E-state index in [9.17, 15) is 0 Å². The smallest absolute Gasteiger partial charge is 0.132 e. The highest BCUT2D eigenvalue weighted by Crippen LogP contribution is 2.13. The Kier molecular flexibility index (Phi) is 2.63. The van der Waals surface area contributed by atoms with Crippen LogP contribution >= 0.6 is 0 Å². The van der Waals surface area contributed by atoms with Gasteiger partial charge < -0.3 is 5.32 Å². The molecule has 0 spiro atoms.